The zero-order chi connectivity index (χ0) is 14.8. The number of hydrogen-bond donors (Lipinski definition) is 2. The van der Waals surface area contributed by atoms with Crippen LogP contribution in [0.4, 0.5) is 0 Å². The third-order valence-electron chi connectivity index (χ3n) is 3.84. The van der Waals surface area contributed by atoms with Gasteiger partial charge >= 0.3 is 0 Å². The highest BCUT2D eigenvalue weighted by Gasteiger charge is 2.25. The molecule has 0 radical (unpaired) electrons. The Morgan fingerprint density at radius 2 is 1.90 bits per heavy atom. The Labute approximate surface area is 123 Å². The van der Waals surface area contributed by atoms with Crippen LogP contribution in [0.15, 0.2) is 47.3 Å². The average Bonchev–Trinajstić information content (AvgIpc) is 3.32. The first-order valence-corrected chi connectivity index (χ1v) is 7.24. The van der Waals surface area contributed by atoms with Gasteiger partial charge in [0, 0.05) is 5.69 Å². The minimum Gasteiger partial charge on any atom is -0.345 e. The molecular weight excluding hydrogens is 264 g/mol. The van der Waals surface area contributed by atoms with E-state index in [0.717, 1.165) is 24.1 Å². The lowest BCUT2D eigenvalue weighted by molar-refractivity contribution is 0.0938. The van der Waals surface area contributed by atoms with Crippen LogP contribution in [0.25, 0.3) is 0 Å². The third-order valence-corrected chi connectivity index (χ3v) is 3.84. The van der Waals surface area contributed by atoms with E-state index in [-0.39, 0.29) is 23.1 Å². The summed E-state index contributed by atoms with van der Waals surface area (Å²) in [5.41, 5.74) is 1.81. The van der Waals surface area contributed by atoms with Gasteiger partial charge in [-0.3, -0.25) is 9.59 Å². The first-order chi connectivity index (χ1) is 10.1. The van der Waals surface area contributed by atoms with E-state index in [1.165, 1.54) is 0 Å². The van der Waals surface area contributed by atoms with Gasteiger partial charge in [-0.25, -0.2) is 0 Å². The summed E-state index contributed by atoms with van der Waals surface area (Å²) in [5.74, 6) is 0.132. The molecule has 0 aliphatic heterocycles. The van der Waals surface area contributed by atoms with Gasteiger partial charge in [-0.15, -0.1) is 0 Å². The Bertz CT molecular complexity index is 702. The number of rotatable bonds is 4. The number of H-pyrrole nitrogens is 1. The van der Waals surface area contributed by atoms with Gasteiger partial charge in [0.05, 0.1) is 6.04 Å². The van der Waals surface area contributed by atoms with Crippen LogP contribution in [-0.2, 0) is 0 Å². The van der Waals surface area contributed by atoms with E-state index in [0.29, 0.717) is 5.92 Å². The van der Waals surface area contributed by atoms with E-state index in [2.05, 4.69) is 10.3 Å². The molecule has 1 fully saturated rings. The van der Waals surface area contributed by atoms with Crippen LogP contribution in [0.3, 0.4) is 0 Å². The summed E-state index contributed by atoms with van der Waals surface area (Å²) in [5, 5.41) is 2.86. The number of hydrogen-bond acceptors (Lipinski definition) is 2. The number of pyridine rings is 1. The predicted octanol–water partition coefficient (Wildman–Crippen LogP) is 2.74. The van der Waals surface area contributed by atoms with Crippen LogP contribution >= 0.6 is 0 Å². The van der Waals surface area contributed by atoms with E-state index in [4.69, 9.17) is 0 Å². The molecule has 2 aromatic rings. The summed E-state index contributed by atoms with van der Waals surface area (Å²) >= 11 is 0. The van der Waals surface area contributed by atoms with Gasteiger partial charge in [0.1, 0.15) is 5.56 Å². The Morgan fingerprint density at radius 1 is 1.19 bits per heavy atom. The van der Waals surface area contributed by atoms with Crippen molar-refractivity contribution >= 4 is 5.91 Å². The molecule has 0 saturated heterocycles. The van der Waals surface area contributed by atoms with Crippen LogP contribution in [0, 0.1) is 0 Å². The summed E-state index contributed by atoms with van der Waals surface area (Å²) < 4.78 is 0. The minimum atomic E-state index is -0.338. The Morgan fingerprint density at radius 3 is 2.52 bits per heavy atom. The molecule has 2 N–H and O–H groups in total. The summed E-state index contributed by atoms with van der Waals surface area (Å²) in [7, 11) is 0. The molecule has 0 unspecified atom stereocenters. The Balaban J connectivity index is 1.74. The summed E-state index contributed by atoms with van der Waals surface area (Å²) in [6.07, 6.45) is 2.24. The zero-order valence-corrected chi connectivity index (χ0v) is 11.9. The van der Waals surface area contributed by atoms with Gasteiger partial charge in [-0.1, -0.05) is 30.3 Å². The van der Waals surface area contributed by atoms with Crippen molar-refractivity contribution in [1.29, 1.82) is 0 Å². The van der Waals surface area contributed by atoms with Gasteiger partial charge in [-0.2, -0.15) is 0 Å². The van der Waals surface area contributed by atoms with Crippen LogP contribution in [-0.4, -0.2) is 10.9 Å². The molecule has 1 aromatic heterocycles. The van der Waals surface area contributed by atoms with Crippen molar-refractivity contribution in [2.24, 2.45) is 0 Å². The molecule has 4 nitrogen and oxygen atoms in total. The monoisotopic (exact) mass is 282 g/mol. The number of carbonyl (C=O) groups is 1. The maximum atomic E-state index is 12.2. The lowest BCUT2D eigenvalue weighted by Crippen LogP contribution is -2.31. The van der Waals surface area contributed by atoms with Gasteiger partial charge in [-0.05, 0) is 43.4 Å². The average molecular weight is 282 g/mol. The van der Waals surface area contributed by atoms with Gasteiger partial charge in [0.25, 0.3) is 11.5 Å². The molecule has 1 aliphatic rings. The lowest BCUT2D eigenvalue weighted by atomic mass is 10.1. The SMILES string of the molecule is C[C@@H](NC(=O)c1ccc(C2CC2)[nH]c1=O)c1ccccc1. The minimum absolute atomic E-state index is 0.138. The highest BCUT2D eigenvalue weighted by Crippen LogP contribution is 2.38. The smallest absolute Gasteiger partial charge is 0.261 e. The highest BCUT2D eigenvalue weighted by molar-refractivity contribution is 5.94. The largest absolute Gasteiger partial charge is 0.345 e. The molecular formula is C17H18N2O2. The normalized spacial score (nSPS) is 15.5. The number of carbonyl (C=O) groups excluding carboxylic acids is 1. The molecule has 1 amide bonds. The molecule has 1 atom stereocenters. The van der Waals surface area contributed by atoms with E-state index in [1.54, 1.807) is 6.07 Å². The van der Waals surface area contributed by atoms with Crippen LogP contribution < -0.4 is 10.9 Å². The van der Waals surface area contributed by atoms with Crippen LogP contribution in [0.1, 0.15) is 53.3 Å². The number of nitrogens with one attached hydrogen (secondary N) is 2. The fraction of sp³-hybridized carbons (Fsp3) is 0.294. The molecule has 1 aromatic carbocycles. The van der Waals surface area contributed by atoms with Gasteiger partial charge < -0.3 is 10.3 Å². The quantitative estimate of drug-likeness (QED) is 0.905. The number of amides is 1. The number of benzene rings is 1. The predicted molar refractivity (Wildman–Crippen MR) is 81.4 cm³/mol. The van der Waals surface area contributed by atoms with Crippen LogP contribution in [0.5, 0.6) is 0 Å². The topological polar surface area (TPSA) is 62.0 Å². The van der Waals surface area contributed by atoms with Crippen molar-refractivity contribution in [1.82, 2.24) is 10.3 Å². The second-order valence-electron chi connectivity index (χ2n) is 5.54. The number of aromatic amines is 1. The zero-order valence-electron chi connectivity index (χ0n) is 11.9. The Hall–Kier alpha value is -2.36. The molecule has 108 valence electrons. The maximum Gasteiger partial charge on any atom is 0.261 e. The highest BCUT2D eigenvalue weighted by atomic mass is 16.2. The first kappa shape index (κ1) is 13.6. The van der Waals surface area contributed by atoms with Crippen molar-refractivity contribution in [3.05, 3.63) is 69.6 Å². The fourth-order valence-corrected chi connectivity index (χ4v) is 2.40. The van der Waals surface area contributed by atoms with Gasteiger partial charge in [0.15, 0.2) is 0 Å². The van der Waals surface area contributed by atoms with Crippen molar-refractivity contribution < 1.29 is 4.79 Å². The van der Waals surface area contributed by atoms with Crippen molar-refractivity contribution in [3.63, 3.8) is 0 Å². The molecule has 1 saturated carbocycles. The second kappa shape index (κ2) is 5.56. The third kappa shape index (κ3) is 3.05. The molecule has 0 bridgehead atoms. The molecule has 3 rings (SSSR count). The van der Waals surface area contributed by atoms with Crippen molar-refractivity contribution in [2.45, 2.75) is 31.7 Å². The molecule has 0 spiro atoms. The van der Waals surface area contributed by atoms with E-state index in [1.807, 2.05) is 43.3 Å². The maximum absolute atomic E-state index is 12.2. The van der Waals surface area contributed by atoms with Gasteiger partial charge in [0.2, 0.25) is 0 Å². The summed E-state index contributed by atoms with van der Waals surface area (Å²) in [4.78, 5) is 27.0. The van der Waals surface area contributed by atoms with E-state index < -0.39 is 0 Å². The summed E-state index contributed by atoms with van der Waals surface area (Å²) in [6, 6.07) is 13.0. The molecule has 4 heteroatoms. The van der Waals surface area contributed by atoms with Crippen molar-refractivity contribution in [2.75, 3.05) is 0 Å². The fourth-order valence-electron chi connectivity index (χ4n) is 2.40. The summed E-state index contributed by atoms with van der Waals surface area (Å²) in [6.45, 7) is 1.90. The standard InChI is InChI=1S/C17H18N2O2/c1-11(12-5-3-2-4-6-12)18-16(20)14-9-10-15(13-7-8-13)19-17(14)21/h2-6,9-11,13H,7-8H2,1H3,(H,18,20)(H,19,21)/t11-/m1/s1. The number of aromatic nitrogens is 1. The molecule has 21 heavy (non-hydrogen) atoms. The van der Waals surface area contributed by atoms with E-state index in [9.17, 15) is 9.59 Å². The molecule has 1 heterocycles. The van der Waals surface area contributed by atoms with Crippen molar-refractivity contribution in [3.8, 4) is 0 Å². The molecule has 1 aliphatic carbocycles. The Kier molecular flexibility index (Phi) is 3.60. The van der Waals surface area contributed by atoms with Crippen LogP contribution in [0.2, 0.25) is 0 Å². The first-order valence-electron chi connectivity index (χ1n) is 7.24. The van der Waals surface area contributed by atoms with E-state index >= 15 is 0 Å². The lowest BCUT2D eigenvalue weighted by Gasteiger charge is -2.14. The second-order valence-corrected chi connectivity index (χ2v) is 5.54.